The Morgan fingerprint density at radius 1 is 1.11 bits per heavy atom. The second kappa shape index (κ2) is 9.97. The molecule has 146 valence electrons. The van der Waals surface area contributed by atoms with E-state index in [-0.39, 0.29) is 18.4 Å². The van der Waals surface area contributed by atoms with E-state index in [0.29, 0.717) is 41.4 Å². The van der Waals surface area contributed by atoms with E-state index in [0.717, 1.165) is 0 Å². The molecule has 0 aromatic heterocycles. The van der Waals surface area contributed by atoms with Gasteiger partial charge in [0.15, 0.2) is 18.1 Å². The van der Waals surface area contributed by atoms with Gasteiger partial charge < -0.3 is 19.7 Å². The Morgan fingerprint density at radius 2 is 1.86 bits per heavy atom. The molecule has 0 aliphatic heterocycles. The average Bonchev–Trinajstić information content (AvgIpc) is 2.73. The van der Waals surface area contributed by atoms with Crippen molar-refractivity contribution in [2.75, 3.05) is 32.1 Å². The summed E-state index contributed by atoms with van der Waals surface area (Å²) in [6.45, 7) is 4.83. The molecule has 0 saturated carbocycles. The summed E-state index contributed by atoms with van der Waals surface area (Å²) in [6.07, 6.45) is 0. The summed E-state index contributed by atoms with van der Waals surface area (Å²) in [5.41, 5.74) is 1.46. The lowest BCUT2D eigenvalue weighted by atomic mass is 10.1. The van der Waals surface area contributed by atoms with Crippen LogP contribution in [0.5, 0.6) is 11.5 Å². The maximum Gasteiger partial charge on any atom is 0.262 e. The summed E-state index contributed by atoms with van der Waals surface area (Å²) in [4.78, 5) is 26.4. The molecule has 0 heterocycles. The number of carbonyl (C=O) groups is 2. The minimum absolute atomic E-state index is 0.0836. The molecule has 0 fully saturated rings. The molecular formula is C21H23N3O4. The lowest BCUT2D eigenvalue weighted by Crippen LogP contribution is -2.30. The second-order valence-electron chi connectivity index (χ2n) is 5.87. The van der Waals surface area contributed by atoms with Crippen LogP contribution < -0.4 is 14.8 Å². The van der Waals surface area contributed by atoms with Crippen molar-refractivity contribution in [1.82, 2.24) is 4.90 Å². The van der Waals surface area contributed by atoms with Gasteiger partial charge in [0.25, 0.3) is 11.8 Å². The summed E-state index contributed by atoms with van der Waals surface area (Å²) >= 11 is 0. The Hall–Kier alpha value is -3.53. The summed E-state index contributed by atoms with van der Waals surface area (Å²) in [7, 11) is 1.46. The van der Waals surface area contributed by atoms with E-state index >= 15 is 0 Å². The zero-order chi connectivity index (χ0) is 20.5. The highest BCUT2D eigenvalue weighted by atomic mass is 16.5. The Bertz CT molecular complexity index is 885. The van der Waals surface area contributed by atoms with Crippen molar-refractivity contribution < 1.29 is 19.1 Å². The summed E-state index contributed by atoms with van der Waals surface area (Å²) < 4.78 is 10.7. The number of nitriles is 1. The van der Waals surface area contributed by atoms with Gasteiger partial charge >= 0.3 is 0 Å². The third-order valence-electron chi connectivity index (χ3n) is 4.10. The van der Waals surface area contributed by atoms with Gasteiger partial charge in [-0.1, -0.05) is 6.07 Å². The molecule has 2 aromatic carbocycles. The standard InChI is InChI=1S/C21H23N3O4/c1-4-24(5-2)21(26)16-7-6-8-17(12-16)23-20(25)14-28-18-10-9-15(13-22)11-19(18)27-3/h6-12H,4-5,14H2,1-3H3,(H,23,25). The van der Waals surface area contributed by atoms with E-state index in [1.165, 1.54) is 13.2 Å². The van der Waals surface area contributed by atoms with E-state index in [4.69, 9.17) is 14.7 Å². The van der Waals surface area contributed by atoms with Crippen LogP contribution in [0.3, 0.4) is 0 Å². The van der Waals surface area contributed by atoms with Crippen LogP contribution in [0.2, 0.25) is 0 Å². The second-order valence-corrected chi connectivity index (χ2v) is 5.87. The average molecular weight is 381 g/mol. The first kappa shape index (κ1) is 20.8. The van der Waals surface area contributed by atoms with Crippen LogP contribution in [-0.4, -0.2) is 43.5 Å². The number of hydrogen-bond acceptors (Lipinski definition) is 5. The SMILES string of the molecule is CCN(CC)C(=O)c1cccc(NC(=O)COc2ccc(C#N)cc2OC)c1. The zero-order valence-electron chi connectivity index (χ0n) is 16.2. The summed E-state index contributed by atoms with van der Waals surface area (Å²) in [6, 6.07) is 13.5. The summed E-state index contributed by atoms with van der Waals surface area (Å²) in [5.74, 6) is 0.277. The van der Waals surface area contributed by atoms with Crippen LogP contribution in [0.15, 0.2) is 42.5 Å². The molecule has 1 N–H and O–H groups in total. The number of methoxy groups -OCH3 is 1. The Balaban J connectivity index is 2.01. The van der Waals surface area contributed by atoms with Crippen molar-refractivity contribution >= 4 is 17.5 Å². The predicted molar refractivity (Wildman–Crippen MR) is 106 cm³/mol. The molecule has 0 radical (unpaired) electrons. The molecule has 7 heteroatoms. The Labute approximate surface area is 164 Å². The molecule has 0 aliphatic rings. The smallest absolute Gasteiger partial charge is 0.262 e. The molecule has 0 atom stereocenters. The minimum Gasteiger partial charge on any atom is -0.493 e. The van der Waals surface area contributed by atoms with Gasteiger partial charge in [-0.25, -0.2) is 0 Å². The monoisotopic (exact) mass is 381 g/mol. The number of benzene rings is 2. The van der Waals surface area contributed by atoms with E-state index in [1.807, 2.05) is 19.9 Å². The first-order valence-corrected chi connectivity index (χ1v) is 8.92. The number of hydrogen-bond donors (Lipinski definition) is 1. The molecule has 0 bridgehead atoms. The quantitative estimate of drug-likeness (QED) is 0.759. The van der Waals surface area contributed by atoms with Crippen molar-refractivity contribution in [3.05, 3.63) is 53.6 Å². The number of anilines is 1. The maximum atomic E-state index is 12.4. The fraction of sp³-hybridized carbons (Fsp3) is 0.286. The molecule has 0 spiro atoms. The van der Waals surface area contributed by atoms with Crippen molar-refractivity contribution in [1.29, 1.82) is 5.26 Å². The van der Waals surface area contributed by atoms with Crippen LogP contribution >= 0.6 is 0 Å². The molecule has 2 rings (SSSR count). The molecule has 2 amide bonds. The van der Waals surface area contributed by atoms with Crippen LogP contribution in [0.25, 0.3) is 0 Å². The predicted octanol–water partition coefficient (Wildman–Crippen LogP) is 3.07. The molecule has 0 aliphatic carbocycles. The number of carbonyl (C=O) groups excluding carboxylic acids is 2. The number of nitrogens with one attached hydrogen (secondary N) is 1. The van der Waals surface area contributed by atoms with Gasteiger partial charge in [0, 0.05) is 30.4 Å². The van der Waals surface area contributed by atoms with Crippen molar-refractivity contribution in [3.8, 4) is 17.6 Å². The Kier molecular flexibility index (Phi) is 7.40. The van der Waals surface area contributed by atoms with Crippen molar-refractivity contribution in [2.45, 2.75) is 13.8 Å². The molecule has 7 nitrogen and oxygen atoms in total. The minimum atomic E-state index is -0.376. The highest BCUT2D eigenvalue weighted by Gasteiger charge is 2.14. The van der Waals surface area contributed by atoms with Crippen molar-refractivity contribution in [3.63, 3.8) is 0 Å². The van der Waals surface area contributed by atoms with Crippen LogP contribution in [0, 0.1) is 11.3 Å². The summed E-state index contributed by atoms with van der Waals surface area (Å²) in [5, 5.41) is 11.6. The number of nitrogens with zero attached hydrogens (tertiary/aromatic N) is 2. The van der Waals surface area contributed by atoms with Gasteiger partial charge in [0.1, 0.15) is 0 Å². The van der Waals surface area contributed by atoms with Gasteiger partial charge in [-0.3, -0.25) is 9.59 Å². The van der Waals surface area contributed by atoms with E-state index < -0.39 is 0 Å². The van der Waals surface area contributed by atoms with E-state index in [1.54, 1.807) is 41.3 Å². The highest BCUT2D eigenvalue weighted by molar-refractivity contribution is 5.97. The lowest BCUT2D eigenvalue weighted by molar-refractivity contribution is -0.118. The normalized spacial score (nSPS) is 9.93. The van der Waals surface area contributed by atoms with Gasteiger partial charge in [-0.05, 0) is 44.2 Å². The largest absolute Gasteiger partial charge is 0.493 e. The first-order chi connectivity index (χ1) is 13.5. The molecular weight excluding hydrogens is 358 g/mol. The van der Waals surface area contributed by atoms with Crippen LogP contribution in [0.4, 0.5) is 5.69 Å². The maximum absolute atomic E-state index is 12.4. The fourth-order valence-corrected chi connectivity index (χ4v) is 2.62. The topological polar surface area (TPSA) is 91.7 Å². The number of ether oxygens (including phenoxy) is 2. The van der Waals surface area contributed by atoms with Gasteiger partial charge in [0.05, 0.1) is 18.7 Å². The third kappa shape index (κ3) is 5.24. The Morgan fingerprint density at radius 3 is 2.50 bits per heavy atom. The van der Waals surface area contributed by atoms with E-state index in [9.17, 15) is 9.59 Å². The lowest BCUT2D eigenvalue weighted by Gasteiger charge is -2.19. The highest BCUT2D eigenvalue weighted by Crippen LogP contribution is 2.27. The van der Waals surface area contributed by atoms with Crippen LogP contribution in [0.1, 0.15) is 29.8 Å². The molecule has 28 heavy (non-hydrogen) atoms. The fourth-order valence-electron chi connectivity index (χ4n) is 2.62. The zero-order valence-corrected chi connectivity index (χ0v) is 16.2. The molecule has 2 aromatic rings. The first-order valence-electron chi connectivity index (χ1n) is 8.92. The third-order valence-corrected chi connectivity index (χ3v) is 4.10. The van der Waals surface area contributed by atoms with Gasteiger partial charge in [-0.2, -0.15) is 5.26 Å². The van der Waals surface area contributed by atoms with Gasteiger partial charge in [-0.15, -0.1) is 0 Å². The number of amides is 2. The number of rotatable bonds is 8. The van der Waals surface area contributed by atoms with Gasteiger partial charge in [0.2, 0.25) is 0 Å². The molecule has 0 unspecified atom stereocenters. The molecule has 0 saturated heterocycles. The van der Waals surface area contributed by atoms with Crippen molar-refractivity contribution in [2.24, 2.45) is 0 Å². The van der Waals surface area contributed by atoms with E-state index in [2.05, 4.69) is 5.32 Å². The van der Waals surface area contributed by atoms with Crippen LogP contribution in [-0.2, 0) is 4.79 Å².